The van der Waals surface area contributed by atoms with Gasteiger partial charge in [-0.2, -0.15) is 5.10 Å². The van der Waals surface area contributed by atoms with E-state index >= 15 is 0 Å². The number of urea groups is 1. The lowest BCUT2D eigenvalue weighted by atomic mass is 9.44. The number of hydrogen-bond donors (Lipinski definition) is 3. The lowest BCUT2D eigenvalue weighted by Gasteiger charge is -2.61. The van der Waals surface area contributed by atoms with Crippen molar-refractivity contribution in [3.63, 3.8) is 0 Å². The van der Waals surface area contributed by atoms with Crippen LogP contribution in [-0.2, 0) is 0 Å². The molecule has 4 aliphatic rings. The molecule has 0 saturated heterocycles. The van der Waals surface area contributed by atoms with Crippen LogP contribution in [0.15, 0.2) is 5.10 Å². The van der Waals surface area contributed by atoms with Gasteiger partial charge in [-0.3, -0.25) is 0 Å². The molecule has 4 rings (SSSR count). The summed E-state index contributed by atoms with van der Waals surface area (Å²) in [4.78, 5) is 11.0. The molecule has 152 valence electrons. The molecule has 4 saturated carbocycles. The first-order valence-electron chi connectivity index (χ1n) is 11.1. The van der Waals surface area contributed by atoms with Gasteiger partial charge in [-0.15, -0.1) is 0 Å². The number of nitrogens with zero attached hydrogens (tertiary/aromatic N) is 1. The molecule has 0 aromatic rings. The van der Waals surface area contributed by atoms with Crippen LogP contribution in [-0.4, -0.2) is 22.5 Å². The quantitative estimate of drug-likeness (QED) is 0.632. The van der Waals surface area contributed by atoms with Gasteiger partial charge in [0.2, 0.25) is 0 Å². The highest BCUT2D eigenvalue weighted by Crippen LogP contribution is 2.68. The summed E-state index contributed by atoms with van der Waals surface area (Å²) in [5.74, 6) is 2.90. The van der Waals surface area contributed by atoms with Gasteiger partial charge < -0.3 is 10.8 Å². The molecule has 5 heteroatoms. The van der Waals surface area contributed by atoms with E-state index in [0.717, 1.165) is 43.2 Å². The summed E-state index contributed by atoms with van der Waals surface area (Å²) in [7, 11) is 0. The van der Waals surface area contributed by atoms with E-state index in [9.17, 15) is 9.90 Å². The highest BCUT2D eigenvalue weighted by atomic mass is 16.3. The maximum atomic E-state index is 11.3. The van der Waals surface area contributed by atoms with Crippen LogP contribution in [0.25, 0.3) is 0 Å². The zero-order valence-electron chi connectivity index (χ0n) is 17.3. The van der Waals surface area contributed by atoms with Gasteiger partial charge in [0.1, 0.15) is 0 Å². The second-order valence-corrected chi connectivity index (χ2v) is 10.4. The Morgan fingerprint density at radius 3 is 2.63 bits per heavy atom. The molecule has 0 aromatic carbocycles. The fraction of sp³-hybridized carbons (Fsp3) is 0.909. The highest BCUT2D eigenvalue weighted by molar-refractivity contribution is 5.87. The smallest absolute Gasteiger partial charge is 0.332 e. The van der Waals surface area contributed by atoms with Crippen molar-refractivity contribution in [1.29, 1.82) is 0 Å². The molecule has 4 aliphatic carbocycles. The summed E-state index contributed by atoms with van der Waals surface area (Å²) in [6.07, 6.45) is 11.2. The molecule has 0 aromatic heterocycles. The van der Waals surface area contributed by atoms with Gasteiger partial charge in [-0.25, -0.2) is 10.2 Å². The number of aliphatic hydroxyl groups is 1. The predicted octanol–water partition coefficient (Wildman–Crippen LogP) is 4.19. The molecule has 0 radical (unpaired) electrons. The third-order valence-corrected chi connectivity index (χ3v) is 9.73. The number of nitrogens with two attached hydrogens (primary N) is 1. The molecule has 0 spiro atoms. The molecule has 4 N–H and O–H groups in total. The molecular formula is C22H37N3O2. The van der Waals surface area contributed by atoms with Crippen molar-refractivity contribution in [2.45, 2.75) is 90.6 Å². The molecule has 2 amide bonds. The van der Waals surface area contributed by atoms with E-state index in [0.29, 0.717) is 17.3 Å². The standard InChI is InChI=1S/C22H37N3O2/c1-4-22(27)12-9-18-16-6-5-14-13-15(24-25-19(23)26)7-10-20(14,2)17(16)8-11-21(18,22)3/h14,16-18,27H,4-13H2,1-3H3,(H3,23,25,26)/b24-15+/t14-,16+,17-,18-,20-,21-,22+/m0/s1. The fourth-order valence-electron chi connectivity index (χ4n) is 7.99. The molecular weight excluding hydrogens is 338 g/mol. The van der Waals surface area contributed by atoms with Crippen molar-refractivity contribution in [1.82, 2.24) is 5.43 Å². The Morgan fingerprint density at radius 1 is 1.19 bits per heavy atom. The van der Waals surface area contributed by atoms with Crippen LogP contribution in [0.3, 0.4) is 0 Å². The van der Waals surface area contributed by atoms with Crippen molar-refractivity contribution in [2.75, 3.05) is 0 Å². The van der Waals surface area contributed by atoms with Crippen LogP contribution in [0.4, 0.5) is 4.79 Å². The van der Waals surface area contributed by atoms with Crippen LogP contribution in [0.5, 0.6) is 0 Å². The number of primary amides is 1. The largest absolute Gasteiger partial charge is 0.389 e. The van der Waals surface area contributed by atoms with Crippen LogP contribution in [0.1, 0.15) is 85.0 Å². The Kier molecular flexibility index (Phi) is 4.60. The van der Waals surface area contributed by atoms with Gasteiger partial charge in [0.05, 0.1) is 5.60 Å². The Balaban J connectivity index is 1.54. The van der Waals surface area contributed by atoms with Gasteiger partial charge in [0.15, 0.2) is 0 Å². The predicted molar refractivity (Wildman–Crippen MR) is 107 cm³/mol. The van der Waals surface area contributed by atoms with Crippen molar-refractivity contribution in [3.05, 3.63) is 0 Å². The lowest BCUT2D eigenvalue weighted by molar-refractivity contribution is -0.147. The first-order chi connectivity index (χ1) is 12.7. The van der Waals surface area contributed by atoms with Crippen molar-refractivity contribution >= 4 is 11.7 Å². The Morgan fingerprint density at radius 2 is 1.93 bits per heavy atom. The molecule has 5 nitrogen and oxygen atoms in total. The Bertz CT molecular complexity index is 649. The fourth-order valence-corrected chi connectivity index (χ4v) is 7.99. The van der Waals surface area contributed by atoms with E-state index < -0.39 is 11.6 Å². The zero-order valence-corrected chi connectivity index (χ0v) is 17.3. The summed E-state index contributed by atoms with van der Waals surface area (Å²) < 4.78 is 0. The second-order valence-electron chi connectivity index (χ2n) is 10.4. The van der Waals surface area contributed by atoms with Gasteiger partial charge in [-0.05, 0) is 98.7 Å². The molecule has 0 bridgehead atoms. The number of rotatable bonds is 2. The van der Waals surface area contributed by atoms with E-state index in [1.165, 1.54) is 38.5 Å². The van der Waals surface area contributed by atoms with Crippen LogP contribution < -0.4 is 11.2 Å². The van der Waals surface area contributed by atoms with E-state index in [1.54, 1.807) is 0 Å². The molecule has 27 heavy (non-hydrogen) atoms. The minimum atomic E-state index is -0.573. The molecule has 0 aliphatic heterocycles. The maximum absolute atomic E-state index is 11.3. The number of amides is 2. The van der Waals surface area contributed by atoms with E-state index in [4.69, 9.17) is 5.73 Å². The van der Waals surface area contributed by atoms with Crippen LogP contribution >= 0.6 is 0 Å². The molecule has 7 atom stereocenters. The number of carbonyl (C=O) groups excluding carboxylic acids is 1. The first-order valence-corrected chi connectivity index (χ1v) is 11.1. The van der Waals surface area contributed by atoms with Crippen molar-refractivity contribution < 1.29 is 9.90 Å². The number of hydrazone groups is 1. The summed E-state index contributed by atoms with van der Waals surface area (Å²) in [5.41, 5.74) is 8.75. The first kappa shape index (κ1) is 19.2. The Hall–Kier alpha value is -1.10. The second kappa shape index (κ2) is 6.47. The average molecular weight is 376 g/mol. The summed E-state index contributed by atoms with van der Waals surface area (Å²) in [5, 5.41) is 15.6. The minimum Gasteiger partial charge on any atom is -0.389 e. The Labute approximate surface area is 163 Å². The summed E-state index contributed by atoms with van der Waals surface area (Å²) in [6.45, 7) is 7.08. The van der Waals surface area contributed by atoms with E-state index in [1.807, 2.05) is 0 Å². The number of fused-ring (bicyclic) bond motifs is 5. The summed E-state index contributed by atoms with van der Waals surface area (Å²) in [6, 6.07) is -0.573. The van der Waals surface area contributed by atoms with Gasteiger partial charge in [-0.1, -0.05) is 20.8 Å². The molecule has 0 unspecified atom stereocenters. The topological polar surface area (TPSA) is 87.7 Å². The van der Waals surface area contributed by atoms with Gasteiger partial charge in [0, 0.05) is 5.71 Å². The number of carbonyl (C=O) groups is 1. The highest BCUT2D eigenvalue weighted by Gasteiger charge is 2.63. The third kappa shape index (κ3) is 2.75. The summed E-state index contributed by atoms with van der Waals surface area (Å²) >= 11 is 0. The van der Waals surface area contributed by atoms with Gasteiger partial charge in [0.25, 0.3) is 0 Å². The van der Waals surface area contributed by atoms with E-state index in [-0.39, 0.29) is 5.41 Å². The normalized spacial score (nSPS) is 50.6. The lowest BCUT2D eigenvalue weighted by Crippen LogP contribution is -2.56. The molecule has 0 heterocycles. The monoisotopic (exact) mass is 375 g/mol. The van der Waals surface area contributed by atoms with Crippen molar-refractivity contribution in [2.24, 2.45) is 45.3 Å². The third-order valence-electron chi connectivity index (χ3n) is 9.73. The van der Waals surface area contributed by atoms with Crippen LogP contribution in [0, 0.1) is 34.5 Å². The van der Waals surface area contributed by atoms with E-state index in [2.05, 4.69) is 31.3 Å². The maximum Gasteiger partial charge on any atom is 0.332 e. The number of nitrogens with one attached hydrogen (secondary N) is 1. The average Bonchev–Trinajstić information content (AvgIpc) is 2.91. The minimum absolute atomic E-state index is 0.110. The SMILES string of the molecule is CC[C@@]1(O)CC[C@H]2[C@@H]3CC[C@H]4C/C(=N/NC(N)=O)CC[C@]4(C)[C@H]3CC[C@@]21C. The zero-order chi connectivity index (χ0) is 19.4. The van der Waals surface area contributed by atoms with Crippen LogP contribution in [0.2, 0.25) is 0 Å². The van der Waals surface area contributed by atoms with Crippen molar-refractivity contribution in [3.8, 4) is 0 Å². The molecule has 4 fully saturated rings. The van der Waals surface area contributed by atoms with Gasteiger partial charge >= 0.3 is 6.03 Å². The number of hydrogen-bond acceptors (Lipinski definition) is 3.